The van der Waals surface area contributed by atoms with Crippen LogP contribution in [-0.4, -0.2) is 50.5 Å². The van der Waals surface area contributed by atoms with E-state index < -0.39 is 27.6 Å². The van der Waals surface area contributed by atoms with Crippen molar-refractivity contribution in [2.75, 3.05) is 26.0 Å². The average Bonchev–Trinajstić information content (AvgIpc) is 3.65. The Morgan fingerprint density at radius 2 is 1.84 bits per heavy atom. The first-order chi connectivity index (χ1) is 20.9. The van der Waals surface area contributed by atoms with Gasteiger partial charge in [0, 0.05) is 24.6 Å². The van der Waals surface area contributed by atoms with Crippen molar-refractivity contribution in [3.63, 3.8) is 0 Å². The molecule has 3 aliphatic rings. The maximum atomic E-state index is 14.9. The molecule has 12 heteroatoms. The summed E-state index contributed by atoms with van der Waals surface area (Å²) >= 11 is 0. The molecule has 1 saturated heterocycles. The highest BCUT2D eigenvalue weighted by atomic mass is 32.2. The Hall–Kier alpha value is -3.73. The number of carbonyl (C=O) groups is 1. The van der Waals surface area contributed by atoms with Gasteiger partial charge in [-0.05, 0) is 72.6 Å². The lowest BCUT2D eigenvalue weighted by Gasteiger charge is -2.30. The fraction of sp³-hybridized carbons (Fsp3) is 0.406. The number of piperidine rings is 1. The van der Waals surface area contributed by atoms with Crippen LogP contribution in [0.15, 0.2) is 71.0 Å². The van der Waals surface area contributed by atoms with Crippen LogP contribution in [0.1, 0.15) is 48.8 Å². The number of rotatable bonds is 7. The molecule has 2 fully saturated rings. The van der Waals surface area contributed by atoms with Crippen LogP contribution < -0.4 is 0 Å². The predicted molar refractivity (Wildman–Crippen MR) is 156 cm³/mol. The molecule has 0 unspecified atom stereocenters. The zero-order valence-electron chi connectivity index (χ0n) is 24.2. The first-order valence-electron chi connectivity index (χ1n) is 14.3. The molecule has 0 N–H and O–H groups in total. The van der Waals surface area contributed by atoms with E-state index in [0.717, 1.165) is 17.2 Å². The Labute approximate surface area is 253 Å². The molecule has 44 heavy (non-hydrogen) atoms. The number of alkyl halides is 3. The predicted octanol–water partition coefficient (Wildman–Crippen LogP) is 6.37. The zero-order valence-corrected chi connectivity index (χ0v) is 25.1. The lowest BCUT2D eigenvalue weighted by atomic mass is 9.88. The maximum Gasteiger partial charge on any atom is 0.417 e. The molecular weight excluding hydrogens is 600 g/mol. The molecule has 2 atom stereocenters. The number of hydrogen-bond acceptors (Lipinski definition) is 6. The third-order valence-electron chi connectivity index (χ3n) is 8.13. The van der Waals surface area contributed by atoms with Crippen molar-refractivity contribution in [3.05, 3.63) is 88.6 Å². The Morgan fingerprint density at radius 3 is 2.48 bits per heavy atom. The Bertz CT molecular complexity index is 1650. The van der Waals surface area contributed by atoms with Crippen LogP contribution in [-0.2, 0) is 37.1 Å². The monoisotopic (exact) mass is 632 g/mol. The molecular formula is C32H32F4N2O5S. The largest absolute Gasteiger partial charge is 0.473 e. The Balaban J connectivity index is 1.33. The summed E-state index contributed by atoms with van der Waals surface area (Å²) in [6.45, 7) is 2.42. The first-order valence-corrected chi connectivity index (χ1v) is 16.2. The van der Waals surface area contributed by atoms with Crippen LogP contribution in [0.2, 0.25) is 0 Å². The molecule has 0 aromatic heterocycles. The molecule has 0 radical (unpaired) electrons. The molecule has 1 saturated carbocycles. The standard InChI is InChI=1S/C32H32F4N2O5S/c1-3-42-31(39)30-24-5-4-6-29(37-14-11-25(24)30)43-19-23-17-26(27(18-28(23)33)32(34,35)36)22-9-7-20(8-10-22)21-12-15-38(16-13-21)44(2,40)41/h4,6-10,14,17-18,21,24,30H,3,5,12-13,15-16,19H2,1-2H3/t11?,24-,30+/m1/s1. The van der Waals surface area contributed by atoms with Gasteiger partial charge in [0.2, 0.25) is 15.9 Å². The molecule has 0 bridgehead atoms. The van der Waals surface area contributed by atoms with E-state index in [1.807, 2.05) is 0 Å². The topological polar surface area (TPSA) is 85.3 Å². The SMILES string of the molecule is CCOC(=O)[C@@H]1C2=C=CN=C(OCc3cc(-c4ccc(C5CCN(S(C)(=O)=O)CC5)cc4)c(C(F)(F)F)cc3F)C=CC[C@H]21. The van der Waals surface area contributed by atoms with E-state index in [1.54, 1.807) is 43.3 Å². The number of esters is 1. The summed E-state index contributed by atoms with van der Waals surface area (Å²) in [7, 11) is -3.27. The molecule has 7 nitrogen and oxygen atoms in total. The number of aliphatic imine (C=N–C) groups is 1. The van der Waals surface area contributed by atoms with Gasteiger partial charge in [0.1, 0.15) is 12.4 Å². The lowest BCUT2D eigenvalue weighted by Crippen LogP contribution is -2.37. The molecule has 2 aromatic rings. The molecule has 2 aromatic carbocycles. The third kappa shape index (κ3) is 7.14. The fourth-order valence-corrected chi connectivity index (χ4v) is 6.60. The number of sulfonamides is 1. The molecule has 2 heterocycles. The van der Waals surface area contributed by atoms with E-state index in [4.69, 9.17) is 9.47 Å². The van der Waals surface area contributed by atoms with Crippen LogP contribution in [0.5, 0.6) is 0 Å². The number of halogens is 4. The first kappa shape index (κ1) is 31.7. The Kier molecular flexibility index (Phi) is 9.15. The molecule has 1 aliphatic carbocycles. The minimum Gasteiger partial charge on any atom is -0.473 e. The summed E-state index contributed by atoms with van der Waals surface area (Å²) in [6.07, 6.45) is 2.81. The minimum absolute atomic E-state index is 0.0438. The second-order valence-corrected chi connectivity index (χ2v) is 13.0. The highest BCUT2D eigenvalue weighted by Gasteiger charge is 2.49. The number of ether oxygens (including phenoxy) is 2. The molecule has 0 amide bonds. The quantitative estimate of drug-likeness (QED) is 0.201. The van der Waals surface area contributed by atoms with Crippen molar-refractivity contribution in [1.29, 1.82) is 0 Å². The number of nitrogens with zero attached hydrogens (tertiary/aromatic N) is 2. The van der Waals surface area contributed by atoms with Gasteiger partial charge in [-0.15, -0.1) is 5.73 Å². The lowest BCUT2D eigenvalue weighted by molar-refractivity contribution is -0.144. The Morgan fingerprint density at radius 1 is 1.14 bits per heavy atom. The summed E-state index contributed by atoms with van der Waals surface area (Å²) in [5.74, 6) is -1.55. The van der Waals surface area contributed by atoms with Gasteiger partial charge in [0.15, 0.2) is 0 Å². The van der Waals surface area contributed by atoms with Gasteiger partial charge in [0.25, 0.3) is 0 Å². The third-order valence-corrected chi connectivity index (χ3v) is 9.43. The zero-order chi connectivity index (χ0) is 31.6. The van der Waals surface area contributed by atoms with Crippen LogP contribution in [0.4, 0.5) is 17.6 Å². The van der Waals surface area contributed by atoms with Crippen molar-refractivity contribution in [2.45, 2.75) is 44.9 Å². The van der Waals surface area contributed by atoms with Crippen molar-refractivity contribution in [1.82, 2.24) is 4.31 Å². The van der Waals surface area contributed by atoms with E-state index in [1.165, 1.54) is 16.8 Å². The van der Waals surface area contributed by atoms with Crippen LogP contribution in [0.25, 0.3) is 11.1 Å². The van der Waals surface area contributed by atoms with Gasteiger partial charge in [-0.2, -0.15) is 13.2 Å². The van der Waals surface area contributed by atoms with E-state index in [0.29, 0.717) is 38.4 Å². The van der Waals surface area contributed by atoms with Crippen molar-refractivity contribution in [3.8, 4) is 11.1 Å². The molecule has 234 valence electrons. The van der Waals surface area contributed by atoms with Crippen molar-refractivity contribution < 1.29 is 40.2 Å². The molecule has 5 rings (SSSR count). The highest BCUT2D eigenvalue weighted by molar-refractivity contribution is 7.88. The van der Waals surface area contributed by atoms with Gasteiger partial charge < -0.3 is 9.47 Å². The van der Waals surface area contributed by atoms with Gasteiger partial charge in [-0.1, -0.05) is 30.3 Å². The van der Waals surface area contributed by atoms with Crippen molar-refractivity contribution >= 4 is 21.9 Å². The van der Waals surface area contributed by atoms with Crippen LogP contribution in [0.3, 0.4) is 0 Å². The van der Waals surface area contributed by atoms with E-state index in [-0.39, 0.29) is 59.5 Å². The second kappa shape index (κ2) is 12.7. The average molecular weight is 633 g/mol. The summed E-state index contributed by atoms with van der Waals surface area (Å²) in [4.78, 5) is 16.3. The van der Waals surface area contributed by atoms with Gasteiger partial charge in [-0.3, -0.25) is 4.79 Å². The number of benzene rings is 2. The maximum absolute atomic E-state index is 14.9. The van der Waals surface area contributed by atoms with Crippen molar-refractivity contribution in [2.24, 2.45) is 16.8 Å². The number of allylic oxidation sites excluding steroid dienone is 1. The van der Waals surface area contributed by atoms with Crippen LogP contribution >= 0.6 is 0 Å². The van der Waals surface area contributed by atoms with E-state index in [2.05, 4.69) is 10.7 Å². The smallest absolute Gasteiger partial charge is 0.417 e. The molecule has 0 spiro atoms. The number of hydrogen-bond donors (Lipinski definition) is 0. The fourth-order valence-electron chi connectivity index (χ4n) is 5.72. The van der Waals surface area contributed by atoms with Gasteiger partial charge in [0.05, 0.1) is 30.5 Å². The van der Waals surface area contributed by atoms with Gasteiger partial charge in [-0.25, -0.2) is 22.1 Å². The summed E-state index contributed by atoms with van der Waals surface area (Å²) in [5.41, 5.74) is 3.56. The normalized spacial score (nSPS) is 21.0. The minimum atomic E-state index is -4.79. The summed E-state index contributed by atoms with van der Waals surface area (Å²) in [5, 5.41) is 0. The van der Waals surface area contributed by atoms with Crippen LogP contribution in [0, 0.1) is 17.7 Å². The highest BCUT2D eigenvalue weighted by Crippen LogP contribution is 2.48. The van der Waals surface area contributed by atoms with E-state index >= 15 is 0 Å². The summed E-state index contributed by atoms with van der Waals surface area (Å²) in [6, 6.07) is 8.26. The van der Waals surface area contributed by atoms with Gasteiger partial charge >= 0.3 is 12.1 Å². The number of carbonyl (C=O) groups excluding carboxylic acids is 1. The summed E-state index contributed by atoms with van der Waals surface area (Å²) < 4.78 is 92.7. The number of fused-ring (bicyclic) bond motifs is 1. The molecule has 2 aliphatic heterocycles. The van der Waals surface area contributed by atoms with E-state index in [9.17, 15) is 30.8 Å². The second-order valence-electron chi connectivity index (χ2n) is 11.0.